The SMILES string of the molecule is CC(C)(C)S(C)(C)C.CC(OC(C)(C)C)=C1CC1.CCCC(CCC)CCC.CCCc1nc(C(=O)NC(CS)C(=O)NCC(=O)OC)cs1.COC(C)=O. The molecule has 1 aliphatic rings. The lowest BCUT2D eigenvalue weighted by Gasteiger charge is -2.40. The molecule has 2 rings (SSSR count). The van der Waals surface area contributed by atoms with Crippen molar-refractivity contribution in [1.29, 1.82) is 0 Å². The molecule has 0 saturated heterocycles. The second-order valence-electron chi connectivity index (χ2n) is 16.1. The van der Waals surface area contributed by atoms with Crippen LogP contribution in [0, 0.1) is 5.92 Å². The van der Waals surface area contributed by atoms with E-state index in [0.29, 0.717) is 4.75 Å². The number of methoxy groups -OCH3 is 2. The smallest absolute Gasteiger partial charge is 0.325 e. The highest BCUT2D eigenvalue weighted by atomic mass is 32.3. The standard InChI is InChI=1S/C13H19N3O4S2.C10H22.C9H16O.C7H18S.C3H6O2/c1-3-4-10-15-9(7-22-10)13(19)16-8(6-21)12(18)14-5-11(17)20-2;1-4-7-10(8-5-2)9-6-3;1-7(8-5-6-8)10-9(2,3)4;1-7(2,3)8(4,5)6;1-3(4)5-2/h7-8,21H,3-6H2,1-2H3,(H,14,18)(H,16,19);10H,4-9H2,1-3H3;5-6H2,1-4H3;1-6H3;1-2H3. The van der Waals surface area contributed by atoms with Crippen LogP contribution >= 0.6 is 34.0 Å². The highest BCUT2D eigenvalue weighted by Crippen LogP contribution is 2.48. The summed E-state index contributed by atoms with van der Waals surface area (Å²) in [6.45, 7) is 25.2. The molecule has 1 aromatic rings. The summed E-state index contributed by atoms with van der Waals surface area (Å²) >= 11 is 5.45. The van der Waals surface area contributed by atoms with Gasteiger partial charge in [-0.3, -0.25) is 19.2 Å². The molecule has 10 nitrogen and oxygen atoms in total. The molecule has 1 fully saturated rings. The van der Waals surface area contributed by atoms with E-state index in [9.17, 15) is 19.2 Å². The van der Waals surface area contributed by atoms with Gasteiger partial charge in [-0.05, 0) is 88.4 Å². The van der Waals surface area contributed by atoms with E-state index < -0.39 is 23.8 Å². The Hall–Kier alpha value is -2.25. The summed E-state index contributed by atoms with van der Waals surface area (Å²) in [5.74, 6) is 0.521. The zero-order chi connectivity index (χ0) is 43.4. The van der Waals surface area contributed by atoms with E-state index in [1.165, 1.54) is 89.4 Å². The Bertz CT molecular complexity index is 1210. The number of thiol groups is 1. The van der Waals surface area contributed by atoms with Crippen LogP contribution in [0.4, 0.5) is 0 Å². The lowest BCUT2D eigenvalue weighted by atomic mass is 9.94. The minimum absolute atomic E-state index is 0.0142. The van der Waals surface area contributed by atoms with Crippen LogP contribution in [0.1, 0.15) is 156 Å². The predicted octanol–water partition coefficient (Wildman–Crippen LogP) is 9.94. The zero-order valence-electron chi connectivity index (χ0n) is 37.8. The Balaban J connectivity index is -0.000000685. The van der Waals surface area contributed by atoms with Gasteiger partial charge in [-0.2, -0.15) is 12.6 Å². The first-order valence-corrected chi connectivity index (χ1v) is 24.0. The van der Waals surface area contributed by atoms with Crippen molar-refractivity contribution in [2.45, 2.75) is 164 Å². The Morgan fingerprint density at radius 1 is 0.873 bits per heavy atom. The molecular formula is C42H81N3O7S3. The highest BCUT2D eigenvalue weighted by Gasteiger charge is 2.23. The summed E-state index contributed by atoms with van der Waals surface area (Å²) in [6, 6.07) is -0.850. The van der Waals surface area contributed by atoms with Gasteiger partial charge >= 0.3 is 11.9 Å². The van der Waals surface area contributed by atoms with E-state index in [0.717, 1.165) is 29.5 Å². The number of carbonyl (C=O) groups is 4. The average molecular weight is 836 g/mol. The van der Waals surface area contributed by atoms with Gasteiger partial charge in [0, 0.05) is 18.1 Å². The molecule has 0 bridgehead atoms. The van der Waals surface area contributed by atoms with Crippen LogP contribution in [0.3, 0.4) is 0 Å². The molecule has 1 aliphatic carbocycles. The van der Waals surface area contributed by atoms with E-state index in [1.807, 2.05) is 6.92 Å². The van der Waals surface area contributed by atoms with Gasteiger partial charge in [0.25, 0.3) is 5.91 Å². The number of aromatic nitrogens is 1. The normalized spacial score (nSPS) is 12.7. The van der Waals surface area contributed by atoms with E-state index in [2.05, 4.69) is 126 Å². The van der Waals surface area contributed by atoms with Crippen molar-refractivity contribution in [3.63, 3.8) is 0 Å². The Labute approximate surface area is 347 Å². The number of carbonyl (C=O) groups excluding carboxylic acids is 4. The lowest BCUT2D eigenvalue weighted by molar-refractivity contribution is -0.141. The van der Waals surface area contributed by atoms with Gasteiger partial charge in [0.2, 0.25) is 5.91 Å². The van der Waals surface area contributed by atoms with Crippen LogP contribution in [-0.2, 0) is 35.0 Å². The first-order valence-electron chi connectivity index (χ1n) is 19.7. The molecule has 2 amide bonds. The summed E-state index contributed by atoms with van der Waals surface area (Å²) in [4.78, 5) is 48.7. The Morgan fingerprint density at radius 2 is 1.35 bits per heavy atom. The molecule has 1 saturated carbocycles. The maximum absolute atomic E-state index is 12.1. The van der Waals surface area contributed by atoms with Gasteiger partial charge in [0.15, 0.2) is 0 Å². The van der Waals surface area contributed by atoms with E-state index in [4.69, 9.17) is 4.74 Å². The highest BCUT2D eigenvalue weighted by molar-refractivity contribution is 8.33. The number of hydrogen-bond acceptors (Lipinski definition) is 10. The van der Waals surface area contributed by atoms with Crippen LogP contribution in [-0.4, -0.2) is 90.4 Å². The second-order valence-corrected chi connectivity index (χ2v) is 22.3. The maximum Gasteiger partial charge on any atom is 0.325 e. The second kappa shape index (κ2) is 30.8. The fourth-order valence-electron chi connectivity index (χ4n) is 4.13. The molecule has 0 aromatic carbocycles. The molecule has 55 heavy (non-hydrogen) atoms. The minimum atomic E-state index is -0.850. The molecule has 1 unspecified atom stereocenters. The van der Waals surface area contributed by atoms with Crippen LogP contribution < -0.4 is 10.6 Å². The largest absolute Gasteiger partial charge is 0.493 e. The van der Waals surface area contributed by atoms with Crippen LogP contribution in [0.25, 0.3) is 0 Å². The third kappa shape index (κ3) is 32.5. The third-order valence-electron chi connectivity index (χ3n) is 8.36. The summed E-state index contributed by atoms with van der Waals surface area (Å²) in [5.41, 5.74) is 1.76. The quantitative estimate of drug-likeness (QED) is 0.0904. The number of esters is 2. The summed E-state index contributed by atoms with van der Waals surface area (Å²) in [5, 5.41) is 7.45. The van der Waals surface area contributed by atoms with Gasteiger partial charge in [0.1, 0.15) is 23.9 Å². The summed E-state index contributed by atoms with van der Waals surface area (Å²) < 4.78 is 14.7. The van der Waals surface area contributed by atoms with Crippen LogP contribution in [0.5, 0.6) is 0 Å². The van der Waals surface area contributed by atoms with E-state index >= 15 is 0 Å². The Morgan fingerprint density at radius 3 is 1.67 bits per heavy atom. The summed E-state index contributed by atoms with van der Waals surface area (Å²) in [6.07, 6.45) is 19.8. The van der Waals surface area contributed by atoms with Gasteiger partial charge in [-0.25, -0.2) is 15.0 Å². The lowest BCUT2D eigenvalue weighted by Crippen LogP contribution is -2.49. The minimum Gasteiger partial charge on any atom is -0.493 e. The molecule has 1 heterocycles. The first-order chi connectivity index (χ1) is 25.4. The molecule has 1 aromatic heterocycles. The molecule has 0 spiro atoms. The van der Waals surface area contributed by atoms with Crippen molar-refractivity contribution in [3.05, 3.63) is 27.4 Å². The molecule has 0 radical (unpaired) electrons. The number of hydrogen-bond donors (Lipinski definition) is 3. The summed E-state index contributed by atoms with van der Waals surface area (Å²) in [7, 11) is 2.23. The molecule has 13 heteroatoms. The Kier molecular flexibility index (Phi) is 32.0. The molecule has 2 N–H and O–H groups in total. The number of nitrogens with zero attached hydrogens (tertiary/aromatic N) is 1. The van der Waals surface area contributed by atoms with E-state index in [-0.39, 0.29) is 39.6 Å². The molecule has 0 aliphatic heterocycles. The van der Waals surface area contributed by atoms with Crippen molar-refractivity contribution < 1.29 is 33.4 Å². The first kappa shape index (κ1) is 57.1. The number of nitrogens with one attached hydrogen (secondary N) is 2. The van der Waals surface area contributed by atoms with Crippen molar-refractivity contribution >= 4 is 57.7 Å². The molecular weight excluding hydrogens is 755 g/mol. The number of thiazole rings is 1. The van der Waals surface area contributed by atoms with Crippen LogP contribution in [0.15, 0.2) is 16.7 Å². The number of aryl methyl sites for hydroxylation is 1. The number of ether oxygens (including phenoxy) is 3. The van der Waals surface area contributed by atoms with Crippen molar-refractivity contribution in [2.75, 3.05) is 45.3 Å². The third-order valence-corrected chi connectivity index (χ3v) is 13.3. The fraction of sp³-hybridized carbons (Fsp3) is 0.786. The average Bonchev–Trinajstić information content (AvgIpc) is 3.84. The number of rotatable bonds is 15. The van der Waals surface area contributed by atoms with Crippen LogP contribution in [0.2, 0.25) is 0 Å². The molecule has 1 atom stereocenters. The number of allylic oxidation sites excluding steroid dienone is 2. The van der Waals surface area contributed by atoms with Crippen molar-refractivity contribution in [1.82, 2.24) is 15.6 Å². The number of amides is 2. The van der Waals surface area contributed by atoms with Gasteiger partial charge in [0.05, 0.1) is 25.0 Å². The maximum atomic E-state index is 12.1. The predicted molar refractivity (Wildman–Crippen MR) is 240 cm³/mol. The monoisotopic (exact) mass is 836 g/mol. The fourth-order valence-corrected chi connectivity index (χ4v) is 5.27. The zero-order valence-corrected chi connectivity index (χ0v) is 40.3. The van der Waals surface area contributed by atoms with Gasteiger partial charge in [-0.1, -0.05) is 87.0 Å². The van der Waals surface area contributed by atoms with Gasteiger partial charge in [-0.15, -0.1) is 11.3 Å². The van der Waals surface area contributed by atoms with Crippen molar-refractivity contribution in [2.24, 2.45) is 5.92 Å². The van der Waals surface area contributed by atoms with Gasteiger partial charge < -0.3 is 24.8 Å². The topological polar surface area (TPSA) is 133 Å². The van der Waals surface area contributed by atoms with E-state index in [1.54, 1.807) is 5.38 Å². The molecule has 324 valence electrons. The van der Waals surface area contributed by atoms with Crippen molar-refractivity contribution in [3.8, 4) is 0 Å².